The maximum Gasteiger partial charge on any atom is 0.251 e. The first-order valence-corrected chi connectivity index (χ1v) is 8.19. The molecule has 0 atom stereocenters. The Kier molecular flexibility index (Phi) is 5.59. The van der Waals surface area contributed by atoms with Gasteiger partial charge in [0.2, 0.25) is 0 Å². The van der Waals surface area contributed by atoms with Crippen LogP contribution in [0, 0.1) is 6.92 Å². The number of rotatable bonds is 6. The van der Waals surface area contributed by atoms with Gasteiger partial charge in [0.25, 0.3) is 5.91 Å². The van der Waals surface area contributed by atoms with Crippen molar-refractivity contribution in [3.8, 4) is 0 Å². The lowest BCUT2D eigenvalue weighted by Gasteiger charge is -2.06. The van der Waals surface area contributed by atoms with Crippen molar-refractivity contribution < 1.29 is 4.79 Å². The van der Waals surface area contributed by atoms with Crippen LogP contribution < -0.4 is 10.6 Å². The third kappa shape index (κ3) is 4.44. The zero-order valence-corrected chi connectivity index (χ0v) is 14.2. The van der Waals surface area contributed by atoms with Crippen LogP contribution in [0.2, 0.25) is 0 Å². The number of carbonyl (C=O) groups excluding carboxylic acids is 1. The molecule has 1 aromatic heterocycles. The molecule has 2 aromatic rings. The van der Waals surface area contributed by atoms with E-state index < -0.39 is 0 Å². The number of carbonyl (C=O) groups is 1. The smallest absolute Gasteiger partial charge is 0.251 e. The van der Waals surface area contributed by atoms with E-state index in [9.17, 15) is 4.79 Å². The van der Waals surface area contributed by atoms with Gasteiger partial charge in [-0.25, -0.2) is 0 Å². The second kappa shape index (κ2) is 7.43. The van der Waals surface area contributed by atoms with E-state index in [2.05, 4.69) is 46.1 Å². The van der Waals surface area contributed by atoms with Crippen molar-refractivity contribution >= 4 is 38.9 Å². The number of anilines is 1. The van der Waals surface area contributed by atoms with Crippen LogP contribution in [-0.4, -0.2) is 12.5 Å². The molecule has 3 nitrogen and oxygen atoms in total. The quantitative estimate of drug-likeness (QED) is 0.748. The fraction of sp³-hybridized carbons (Fsp3) is 0.188. The molecule has 0 bridgehead atoms. The third-order valence-electron chi connectivity index (χ3n) is 2.93. The highest BCUT2D eigenvalue weighted by Gasteiger charge is 2.05. The van der Waals surface area contributed by atoms with Crippen LogP contribution in [-0.2, 0) is 6.54 Å². The van der Waals surface area contributed by atoms with Gasteiger partial charge in [-0.1, -0.05) is 6.08 Å². The van der Waals surface area contributed by atoms with Gasteiger partial charge in [-0.2, -0.15) is 0 Å². The van der Waals surface area contributed by atoms with Crippen LogP contribution in [0.25, 0.3) is 0 Å². The summed E-state index contributed by atoms with van der Waals surface area (Å²) in [5.74, 6) is -0.0840. The Morgan fingerprint density at radius 2 is 2.10 bits per heavy atom. The second-order valence-electron chi connectivity index (χ2n) is 4.55. The summed E-state index contributed by atoms with van der Waals surface area (Å²) in [6, 6.07) is 9.59. The fourth-order valence-corrected chi connectivity index (χ4v) is 3.34. The van der Waals surface area contributed by atoms with Gasteiger partial charge in [0.1, 0.15) is 0 Å². The highest BCUT2D eigenvalue weighted by Crippen LogP contribution is 2.26. The van der Waals surface area contributed by atoms with Crippen molar-refractivity contribution in [3.63, 3.8) is 0 Å². The van der Waals surface area contributed by atoms with E-state index in [0.717, 1.165) is 16.7 Å². The van der Waals surface area contributed by atoms with Crippen LogP contribution in [0.3, 0.4) is 0 Å². The largest absolute Gasteiger partial charge is 0.380 e. The Hall–Kier alpha value is -1.59. The summed E-state index contributed by atoms with van der Waals surface area (Å²) < 4.78 is 1.15. The fourth-order valence-electron chi connectivity index (χ4n) is 1.80. The number of hydrogen-bond donors (Lipinski definition) is 2. The van der Waals surface area contributed by atoms with Crippen LogP contribution in [0.1, 0.15) is 20.1 Å². The summed E-state index contributed by atoms with van der Waals surface area (Å²) in [6.45, 7) is 6.92. The van der Waals surface area contributed by atoms with Crippen molar-refractivity contribution in [3.05, 3.63) is 62.8 Å². The number of benzene rings is 1. The van der Waals surface area contributed by atoms with E-state index in [1.54, 1.807) is 17.4 Å². The Morgan fingerprint density at radius 1 is 1.38 bits per heavy atom. The maximum absolute atomic E-state index is 11.8. The summed E-state index contributed by atoms with van der Waals surface area (Å²) in [4.78, 5) is 14.3. The molecule has 0 saturated heterocycles. The molecule has 0 aliphatic heterocycles. The lowest BCUT2D eigenvalue weighted by molar-refractivity contribution is 0.0958. The summed E-state index contributed by atoms with van der Waals surface area (Å²) in [6.07, 6.45) is 1.66. The molecule has 0 aliphatic rings. The van der Waals surface area contributed by atoms with Gasteiger partial charge in [-0.15, -0.1) is 17.9 Å². The molecule has 2 rings (SSSR count). The Labute approximate surface area is 137 Å². The summed E-state index contributed by atoms with van der Waals surface area (Å²) in [5, 5.41) is 6.11. The zero-order valence-electron chi connectivity index (χ0n) is 11.8. The molecule has 110 valence electrons. The van der Waals surface area contributed by atoms with Crippen LogP contribution in [0.5, 0.6) is 0 Å². The molecular weight excluding hydrogens is 348 g/mol. The highest BCUT2D eigenvalue weighted by molar-refractivity contribution is 9.10. The number of thiophene rings is 1. The lowest BCUT2D eigenvalue weighted by Crippen LogP contribution is -2.23. The SMILES string of the molecule is C=CCNC(=O)c1ccc(NCc2cc(Br)c(C)s2)cc1. The predicted molar refractivity (Wildman–Crippen MR) is 93.1 cm³/mol. The van der Waals surface area contributed by atoms with Gasteiger partial charge in [0, 0.05) is 38.6 Å². The molecule has 5 heteroatoms. The van der Waals surface area contributed by atoms with Crippen molar-refractivity contribution in [1.82, 2.24) is 5.32 Å². The zero-order chi connectivity index (χ0) is 15.2. The van der Waals surface area contributed by atoms with Gasteiger partial charge in [0.15, 0.2) is 0 Å². The summed E-state index contributed by atoms with van der Waals surface area (Å²) in [5.41, 5.74) is 1.65. The normalized spacial score (nSPS) is 10.2. The number of nitrogens with one attached hydrogen (secondary N) is 2. The molecule has 0 fully saturated rings. The topological polar surface area (TPSA) is 41.1 Å². The average molecular weight is 365 g/mol. The number of aryl methyl sites for hydroxylation is 1. The van der Waals surface area contributed by atoms with Gasteiger partial charge >= 0.3 is 0 Å². The van der Waals surface area contributed by atoms with E-state index in [-0.39, 0.29) is 5.91 Å². The molecule has 1 amide bonds. The van der Waals surface area contributed by atoms with Gasteiger partial charge in [0.05, 0.1) is 0 Å². The number of amides is 1. The van der Waals surface area contributed by atoms with E-state index in [0.29, 0.717) is 12.1 Å². The molecule has 2 N–H and O–H groups in total. The van der Waals surface area contributed by atoms with Gasteiger partial charge in [-0.3, -0.25) is 4.79 Å². The van der Waals surface area contributed by atoms with Gasteiger partial charge < -0.3 is 10.6 Å². The average Bonchev–Trinajstić information content (AvgIpc) is 2.82. The summed E-state index contributed by atoms with van der Waals surface area (Å²) in [7, 11) is 0. The molecule has 0 aliphatic carbocycles. The van der Waals surface area contributed by atoms with Crippen molar-refractivity contribution in [2.24, 2.45) is 0 Å². The number of halogens is 1. The minimum Gasteiger partial charge on any atom is -0.380 e. The van der Waals surface area contributed by atoms with Gasteiger partial charge in [-0.05, 0) is 53.2 Å². The maximum atomic E-state index is 11.8. The molecule has 0 spiro atoms. The molecule has 0 radical (unpaired) electrons. The first-order valence-electron chi connectivity index (χ1n) is 6.58. The monoisotopic (exact) mass is 364 g/mol. The minimum atomic E-state index is -0.0840. The van der Waals surface area contributed by atoms with E-state index in [4.69, 9.17) is 0 Å². The van der Waals surface area contributed by atoms with E-state index in [1.165, 1.54) is 9.75 Å². The van der Waals surface area contributed by atoms with Crippen molar-refractivity contribution in [2.45, 2.75) is 13.5 Å². The molecule has 1 aromatic carbocycles. The Bertz CT molecular complexity index is 615. The van der Waals surface area contributed by atoms with Crippen LogP contribution >= 0.6 is 27.3 Å². The second-order valence-corrected chi connectivity index (χ2v) is 6.74. The summed E-state index contributed by atoms with van der Waals surface area (Å²) >= 11 is 5.29. The molecular formula is C16H17BrN2OS. The Balaban J connectivity index is 1.93. The molecule has 0 unspecified atom stereocenters. The first kappa shape index (κ1) is 15.8. The number of hydrogen-bond acceptors (Lipinski definition) is 3. The van der Waals surface area contributed by atoms with Crippen molar-refractivity contribution in [2.75, 3.05) is 11.9 Å². The highest BCUT2D eigenvalue weighted by atomic mass is 79.9. The standard InChI is InChI=1S/C16H17BrN2OS/c1-3-8-18-16(20)12-4-6-13(7-5-12)19-10-14-9-15(17)11(2)21-14/h3-7,9,19H,1,8,10H2,2H3,(H,18,20). The van der Waals surface area contributed by atoms with E-state index in [1.807, 2.05) is 24.3 Å². The van der Waals surface area contributed by atoms with Crippen molar-refractivity contribution in [1.29, 1.82) is 0 Å². The minimum absolute atomic E-state index is 0.0840. The molecule has 21 heavy (non-hydrogen) atoms. The van der Waals surface area contributed by atoms with E-state index >= 15 is 0 Å². The predicted octanol–water partition coefficient (Wildman–Crippen LogP) is 4.35. The first-order chi connectivity index (χ1) is 10.1. The molecule has 1 heterocycles. The molecule has 0 saturated carbocycles. The van der Waals surface area contributed by atoms with Crippen LogP contribution in [0.4, 0.5) is 5.69 Å². The third-order valence-corrected chi connectivity index (χ3v) is 5.07. The Morgan fingerprint density at radius 3 is 2.67 bits per heavy atom. The van der Waals surface area contributed by atoms with Crippen LogP contribution in [0.15, 0.2) is 47.5 Å². The lowest BCUT2D eigenvalue weighted by atomic mass is 10.2.